The summed E-state index contributed by atoms with van der Waals surface area (Å²) in [5.41, 5.74) is 6.16. The Labute approximate surface area is 172 Å². The summed E-state index contributed by atoms with van der Waals surface area (Å²) in [5.74, 6) is -0.0763. The zero-order valence-electron chi connectivity index (χ0n) is 16.3. The minimum Gasteiger partial charge on any atom is -0.297 e. The fourth-order valence-corrected chi connectivity index (χ4v) is 3.34. The minimum absolute atomic E-state index is 0.0763. The van der Waals surface area contributed by atoms with Gasteiger partial charge in [-0.25, -0.2) is 5.43 Å². The quantitative estimate of drug-likeness (QED) is 0.575. The standard InChI is InChI=1S/C22H27ClN4O/c1-2-18-3-5-19(6-4-18)15-24-25-22(28)17-27-13-11-26(12-14-27)16-20-7-9-21(23)10-8-20/h3-10,15H,2,11-14,16-17H2,1H3,(H,25,28)/b24-15-. The molecule has 148 valence electrons. The zero-order chi connectivity index (χ0) is 19.8. The molecular weight excluding hydrogens is 372 g/mol. The summed E-state index contributed by atoms with van der Waals surface area (Å²) in [6.07, 6.45) is 2.70. The molecule has 0 radical (unpaired) electrons. The molecule has 0 saturated carbocycles. The van der Waals surface area contributed by atoms with Crippen LogP contribution in [-0.2, 0) is 17.8 Å². The summed E-state index contributed by atoms with van der Waals surface area (Å²) in [7, 11) is 0. The highest BCUT2D eigenvalue weighted by molar-refractivity contribution is 6.30. The number of hydrazone groups is 1. The number of nitrogens with zero attached hydrogens (tertiary/aromatic N) is 3. The van der Waals surface area contributed by atoms with Crippen molar-refractivity contribution in [1.29, 1.82) is 0 Å². The molecule has 1 aliphatic rings. The molecule has 0 bridgehead atoms. The highest BCUT2D eigenvalue weighted by atomic mass is 35.5. The van der Waals surface area contributed by atoms with Gasteiger partial charge in [0, 0.05) is 37.7 Å². The van der Waals surface area contributed by atoms with Crippen molar-refractivity contribution in [3.05, 3.63) is 70.2 Å². The molecule has 28 heavy (non-hydrogen) atoms. The van der Waals surface area contributed by atoms with E-state index in [9.17, 15) is 4.79 Å². The van der Waals surface area contributed by atoms with E-state index in [0.717, 1.165) is 49.7 Å². The van der Waals surface area contributed by atoms with E-state index < -0.39 is 0 Å². The van der Waals surface area contributed by atoms with Gasteiger partial charge in [-0.1, -0.05) is 54.9 Å². The van der Waals surface area contributed by atoms with Gasteiger partial charge in [0.15, 0.2) is 0 Å². The Hall–Kier alpha value is -2.21. The van der Waals surface area contributed by atoms with E-state index in [1.54, 1.807) is 6.21 Å². The molecule has 2 aromatic carbocycles. The van der Waals surface area contributed by atoms with Crippen molar-refractivity contribution in [1.82, 2.24) is 15.2 Å². The van der Waals surface area contributed by atoms with Gasteiger partial charge in [0.2, 0.25) is 0 Å². The molecule has 2 aromatic rings. The Morgan fingerprint density at radius 2 is 1.61 bits per heavy atom. The fraction of sp³-hybridized carbons (Fsp3) is 0.364. The van der Waals surface area contributed by atoms with Crippen LogP contribution in [0.3, 0.4) is 0 Å². The highest BCUT2D eigenvalue weighted by Crippen LogP contribution is 2.12. The predicted molar refractivity (Wildman–Crippen MR) is 115 cm³/mol. The van der Waals surface area contributed by atoms with E-state index in [1.807, 2.05) is 24.3 Å². The molecule has 0 aromatic heterocycles. The molecule has 1 aliphatic heterocycles. The first-order valence-electron chi connectivity index (χ1n) is 9.72. The second-order valence-corrected chi connectivity index (χ2v) is 7.50. The summed E-state index contributed by atoms with van der Waals surface area (Å²) >= 11 is 5.94. The molecule has 0 unspecified atom stereocenters. The highest BCUT2D eigenvalue weighted by Gasteiger charge is 2.18. The van der Waals surface area contributed by atoms with Crippen molar-refractivity contribution in [2.75, 3.05) is 32.7 Å². The van der Waals surface area contributed by atoms with Gasteiger partial charge in [-0.05, 0) is 35.2 Å². The number of halogens is 1. The van der Waals surface area contributed by atoms with Crippen LogP contribution in [0.2, 0.25) is 5.02 Å². The van der Waals surface area contributed by atoms with Crippen LogP contribution < -0.4 is 5.43 Å². The molecule has 5 nitrogen and oxygen atoms in total. The molecule has 3 rings (SSSR count). The van der Waals surface area contributed by atoms with Crippen molar-refractivity contribution in [3.63, 3.8) is 0 Å². The van der Waals surface area contributed by atoms with Gasteiger partial charge in [-0.3, -0.25) is 14.6 Å². The zero-order valence-corrected chi connectivity index (χ0v) is 17.0. The monoisotopic (exact) mass is 398 g/mol. The molecule has 1 heterocycles. The third kappa shape index (κ3) is 6.44. The lowest BCUT2D eigenvalue weighted by Crippen LogP contribution is -2.48. The Kier molecular flexibility index (Phi) is 7.60. The second kappa shape index (κ2) is 10.4. The number of piperazine rings is 1. The van der Waals surface area contributed by atoms with Gasteiger partial charge in [-0.15, -0.1) is 0 Å². The van der Waals surface area contributed by atoms with E-state index in [2.05, 4.69) is 51.5 Å². The number of carbonyl (C=O) groups excluding carboxylic acids is 1. The van der Waals surface area contributed by atoms with Crippen LogP contribution in [0.1, 0.15) is 23.6 Å². The molecule has 1 N–H and O–H groups in total. The lowest BCUT2D eigenvalue weighted by molar-refractivity contribution is -0.122. The molecule has 6 heteroatoms. The third-order valence-electron chi connectivity index (χ3n) is 4.94. The Balaban J connectivity index is 1.37. The fourth-order valence-electron chi connectivity index (χ4n) is 3.21. The van der Waals surface area contributed by atoms with Crippen LogP contribution in [0.4, 0.5) is 0 Å². The van der Waals surface area contributed by atoms with Crippen LogP contribution in [-0.4, -0.2) is 54.6 Å². The minimum atomic E-state index is -0.0763. The number of hydrogen-bond donors (Lipinski definition) is 1. The van der Waals surface area contributed by atoms with Crippen molar-refractivity contribution in [3.8, 4) is 0 Å². The Bertz CT molecular complexity index is 781. The van der Waals surface area contributed by atoms with Crippen molar-refractivity contribution in [2.24, 2.45) is 5.10 Å². The lowest BCUT2D eigenvalue weighted by atomic mass is 10.1. The number of carbonyl (C=O) groups is 1. The number of hydrogen-bond acceptors (Lipinski definition) is 4. The Morgan fingerprint density at radius 1 is 1.00 bits per heavy atom. The normalized spacial score (nSPS) is 15.8. The summed E-state index contributed by atoms with van der Waals surface area (Å²) < 4.78 is 0. The maximum Gasteiger partial charge on any atom is 0.254 e. The molecular formula is C22H27ClN4O. The topological polar surface area (TPSA) is 47.9 Å². The van der Waals surface area contributed by atoms with Crippen LogP contribution in [0.15, 0.2) is 53.6 Å². The number of aryl methyl sites for hydroxylation is 1. The maximum atomic E-state index is 12.1. The number of benzene rings is 2. The van der Waals surface area contributed by atoms with Crippen LogP contribution >= 0.6 is 11.6 Å². The summed E-state index contributed by atoms with van der Waals surface area (Å²) in [6, 6.07) is 16.2. The largest absolute Gasteiger partial charge is 0.297 e. The molecule has 0 aliphatic carbocycles. The average molecular weight is 399 g/mol. The molecule has 0 atom stereocenters. The molecule has 1 saturated heterocycles. The number of nitrogens with one attached hydrogen (secondary N) is 1. The first-order valence-corrected chi connectivity index (χ1v) is 10.1. The van der Waals surface area contributed by atoms with Crippen molar-refractivity contribution < 1.29 is 4.79 Å². The summed E-state index contributed by atoms with van der Waals surface area (Å²) in [6.45, 7) is 7.07. The van der Waals surface area contributed by atoms with Crippen LogP contribution in [0.5, 0.6) is 0 Å². The predicted octanol–water partition coefficient (Wildman–Crippen LogP) is 3.17. The number of rotatable bonds is 7. The first kappa shape index (κ1) is 20.5. The van der Waals surface area contributed by atoms with E-state index in [4.69, 9.17) is 11.6 Å². The van der Waals surface area contributed by atoms with E-state index in [-0.39, 0.29) is 5.91 Å². The summed E-state index contributed by atoms with van der Waals surface area (Å²) in [5, 5.41) is 4.83. The average Bonchev–Trinajstić information content (AvgIpc) is 2.72. The SMILES string of the molecule is CCc1ccc(/C=N\NC(=O)CN2CCN(Cc3ccc(Cl)cc3)CC2)cc1. The molecule has 0 spiro atoms. The van der Waals surface area contributed by atoms with Gasteiger partial charge in [-0.2, -0.15) is 5.10 Å². The van der Waals surface area contributed by atoms with E-state index >= 15 is 0 Å². The third-order valence-corrected chi connectivity index (χ3v) is 5.19. The molecule has 1 fully saturated rings. The van der Waals surface area contributed by atoms with E-state index in [1.165, 1.54) is 11.1 Å². The lowest BCUT2D eigenvalue weighted by Gasteiger charge is -2.34. The maximum absolute atomic E-state index is 12.1. The second-order valence-electron chi connectivity index (χ2n) is 7.07. The van der Waals surface area contributed by atoms with Crippen molar-refractivity contribution in [2.45, 2.75) is 19.9 Å². The van der Waals surface area contributed by atoms with Crippen LogP contribution in [0.25, 0.3) is 0 Å². The summed E-state index contributed by atoms with van der Waals surface area (Å²) in [4.78, 5) is 16.7. The van der Waals surface area contributed by atoms with Gasteiger partial charge in [0.05, 0.1) is 12.8 Å². The van der Waals surface area contributed by atoms with Gasteiger partial charge in [0.25, 0.3) is 5.91 Å². The Morgan fingerprint density at radius 3 is 2.25 bits per heavy atom. The van der Waals surface area contributed by atoms with Gasteiger partial charge < -0.3 is 0 Å². The number of amides is 1. The van der Waals surface area contributed by atoms with Gasteiger partial charge >= 0.3 is 0 Å². The molecule has 1 amide bonds. The smallest absolute Gasteiger partial charge is 0.254 e. The first-order chi connectivity index (χ1) is 13.6. The van der Waals surface area contributed by atoms with Crippen molar-refractivity contribution >= 4 is 23.7 Å². The van der Waals surface area contributed by atoms with Gasteiger partial charge in [0.1, 0.15) is 0 Å². The van der Waals surface area contributed by atoms with E-state index in [0.29, 0.717) is 6.54 Å². The van der Waals surface area contributed by atoms with Crippen LogP contribution in [0, 0.1) is 0 Å².